The van der Waals surface area contributed by atoms with Gasteiger partial charge in [-0.25, -0.2) is 4.98 Å². The third kappa shape index (κ3) is 5.82. The monoisotopic (exact) mass is 324 g/mol. The molecular weight excluding hydrogens is 296 g/mol. The van der Waals surface area contributed by atoms with E-state index in [1.165, 1.54) is 16.7 Å². The molecular formula is C21H28N2O. The minimum atomic E-state index is 0.702. The molecule has 0 amide bonds. The van der Waals surface area contributed by atoms with Crippen molar-refractivity contribution in [3.63, 3.8) is 0 Å². The number of aryl methyl sites for hydroxylation is 3. The Morgan fingerprint density at radius 2 is 1.71 bits per heavy atom. The summed E-state index contributed by atoms with van der Waals surface area (Å²) in [5.41, 5.74) is 5.61. The van der Waals surface area contributed by atoms with Crippen molar-refractivity contribution in [2.45, 2.75) is 27.2 Å². The van der Waals surface area contributed by atoms with Gasteiger partial charge in [0, 0.05) is 12.2 Å². The van der Waals surface area contributed by atoms with Crippen molar-refractivity contribution in [1.29, 1.82) is 0 Å². The predicted octanol–water partition coefficient (Wildman–Crippen LogP) is 4.51. The SMILES string of the molecule is Cc1cc(C)cc(C=Cc2nc(C)ccc2OCCCN(C)C)c1. The minimum absolute atomic E-state index is 0.702. The molecule has 0 aliphatic rings. The van der Waals surface area contributed by atoms with E-state index < -0.39 is 0 Å². The highest BCUT2D eigenvalue weighted by molar-refractivity contribution is 5.71. The molecule has 0 radical (unpaired) electrons. The summed E-state index contributed by atoms with van der Waals surface area (Å²) in [5.74, 6) is 0.847. The maximum Gasteiger partial charge on any atom is 0.144 e. The summed E-state index contributed by atoms with van der Waals surface area (Å²) in [6, 6.07) is 10.5. The largest absolute Gasteiger partial charge is 0.491 e. The fraction of sp³-hybridized carbons (Fsp3) is 0.381. The second kappa shape index (κ2) is 8.65. The summed E-state index contributed by atoms with van der Waals surface area (Å²) >= 11 is 0. The first-order chi connectivity index (χ1) is 11.4. The third-order valence-electron chi connectivity index (χ3n) is 3.71. The second-order valence-corrected chi connectivity index (χ2v) is 6.60. The Morgan fingerprint density at radius 1 is 1.00 bits per heavy atom. The molecule has 0 N–H and O–H groups in total. The van der Waals surface area contributed by atoms with Gasteiger partial charge < -0.3 is 9.64 Å². The van der Waals surface area contributed by atoms with Gasteiger partial charge in [0.1, 0.15) is 11.4 Å². The van der Waals surface area contributed by atoms with Gasteiger partial charge in [0.05, 0.1) is 6.61 Å². The van der Waals surface area contributed by atoms with Gasteiger partial charge in [0.25, 0.3) is 0 Å². The lowest BCUT2D eigenvalue weighted by Crippen LogP contribution is -2.15. The zero-order chi connectivity index (χ0) is 17.5. The van der Waals surface area contributed by atoms with E-state index in [4.69, 9.17) is 4.74 Å². The first-order valence-electron chi connectivity index (χ1n) is 8.45. The van der Waals surface area contributed by atoms with Crippen LogP contribution in [0.25, 0.3) is 12.2 Å². The topological polar surface area (TPSA) is 25.4 Å². The van der Waals surface area contributed by atoms with Crippen molar-refractivity contribution in [3.05, 3.63) is 58.4 Å². The number of benzene rings is 1. The van der Waals surface area contributed by atoms with Crippen molar-refractivity contribution < 1.29 is 4.74 Å². The van der Waals surface area contributed by atoms with E-state index in [1.54, 1.807) is 0 Å². The van der Waals surface area contributed by atoms with Crippen LogP contribution < -0.4 is 4.74 Å². The number of aromatic nitrogens is 1. The van der Waals surface area contributed by atoms with Gasteiger partial charge in [-0.1, -0.05) is 35.4 Å². The van der Waals surface area contributed by atoms with Gasteiger partial charge in [0.2, 0.25) is 0 Å². The Labute approximate surface area is 146 Å². The van der Waals surface area contributed by atoms with Crippen molar-refractivity contribution >= 4 is 12.2 Å². The maximum atomic E-state index is 5.94. The number of hydrogen-bond donors (Lipinski definition) is 0. The molecule has 0 saturated carbocycles. The first-order valence-corrected chi connectivity index (χ1v) is 8.45. The molecule has 0 atom stereocenters. The van der Waals surface area contributed by atoms with Crippen LogP contribution in [0.2, 0.25) is 0 Å². The van der Waals surface area contributed by atoms with Crippen LogP contribution in [-0.2, 0) is 0 Å². The van der Waals surface area contributed by atoms with E-state index in [0.29, 0.717) is 6.61 Å². The van der Waals surface area contributed by atoms with E-state index in [2.05, 4.69) is 62.1 Å². The lowest BCUT2D eigenvalue weighted by Gasteiger charge is -2.12. The number of ether oxygens (including phenoxy) is 1. The van der Waals surface area contributed by atoms with Gasteiger partial charge in [-0.3, -0.25) is 0 Å². The summed E-state index contributed by atoms with van der Waals surface area (Å²) < 4.78 is 5.94. The molecule has 0 saturated heterocycles. The Hall–Kier alpha value is -2.13. The van der Waals surface area contributed by atoms with E-state index in [-0.39, 0.29) is 0 Å². The maximum absolute atomic E-state index is 5.94. The molecule has 1 heterocycles. The quantitative estimate of drug-likeness (QED) is 0.701. The predicted molar refractivity (Wildman–Crippen MR) is 102 cm³/mol. The van der Waals surface area contributed by atoms with Crippen molar-refractivity contribution in [1.82, 2.24) is 9.88 Å². The first kappa shape index (κ1) is 18.2. The van der Waals surface area contributed by atoms with E-state index in [9.17, 15) is 0 Å². The van der Waals surface area contributed by atoms with E-state index >= 15 is 0 Å². The summed E-state index contributed by atoms with van der Waals surface area (Å²) in [6.07, 6.45) is 5.15. The summed E-state index contributed by atoms with van der Waals surface area (Å²) in [4.78, 5) is 6.79. The standard InChI is InChI=1S/C21H28N2O/c1-16-13-17(2)15-19(14-16)8-9-20-21(10-7-18(3)22-20)24-12-6-11-23(4)5/h7-10,13-15H,6,11-12H2,1-5H3. The van der Waals surface area contributed by atoms with Gasteiger partial charge in [-0.05, 0) is 65.1 Å². The minimum Gasteiger partial charge on any atom is -0.491 e. The fourth-order valence-corrected chi connectivity index (χ4v) is 2.65. The average molecular weight is 324 g/mol. The molecule has 24 heavy (non-hydrogen) atoms. The molecule has 3 nitrogen and oxygen atoms in total. The zero-order valence-corrected chi connectivity index (χ0v) is 15.5. The van der Waals surface area contributed by atoms with Crippen LogP contribution in [-0.4, -0.2) is 37.1 Å². The molecule has 0 fully saturated rings. The molecule has 0 spiro atoms. The van der Waals surface area contributed by atoms with E-state index in [0.717, 1.165) is 30.1 Å². The number of pyridine rings is 1. The molecule has 2 aromatic rings. The van der Waals surface area contributed by atoms with Gasteiger partial charge in [-0.2, -0.15) is 0 Å². The Balaban J connectivity index is 2.13. The molecule has 0 bridgehead atoms. The van der Waals surface area contributed by atoms with Crippen LogP contribution >= 0.6 is 0 Å². The van der Waals surface area contributed by atoms with E-state index in [1.807, 2.05) is 25.1 Å². The number of rotatable bonds is 7. The van der Waals surface area contributed by atoms with Crippen LogP contribution in [0, 0.1) is 20.8 Å². The van der Waals surface area contributed by atoms with Crippen LogP contribution in [0.4, 0.5) is 0 Å². The summed E-state index contributed by atoms with van der Waals surface area (Å²) in [7, 11) is 4.15. The van der Waals surface area contributed by atoms with Crippen LogP contribution in [0.15, 0.2) is 30.3 Å². The molecule has 3 heteroatoms. The molecule has 0 aliphatic heterocycles. The van der Waals surface area contributed by atoms with Gasteiger partial charge in [-0.15, -0.1) is 0 Å². The normalized spacial score (nSPS) is 11.4. The van der Waals surface area contributed by atoms with Crippen LogP contribution in [0.3, 0.4) is 0 Å². The highest BCUT2D eigenvalue weighted by Gasteiger charge is 2.04. The number of nitrogens with zero attached hydrogens (tertiary/aromatic N) is 2. The molecule has 1 aromatic carbocycles. The highest BCUT2D eigenvalue weighted by atomic mass is 16.5. The van der Waals surface area contributed by atoms with Gasteiger partial charge >= 0.3 is 0 Å². The summed E-state index contributed by atoms with van der Waals surface area (Å²) in [6.45, 7) is 7.97. The smallest absolute Gasteiger partial charge is 0.144 e. The Bertz CT molecular complexity index is 685. The molecule has 2 rings (SSSR count). The Morgan fingerprint density at radius 3 is 2.38 bits per heavy atom. The second-order valence-electron chi connectivity index (χ2n) is 6.60. The fourth-order valence-electron chi connectivity index (χ4n) is 2.65. The molecule has 128 valence electrons. The van der Waals surface area contributed by atoms with Crippen molar-refractivity contribution in [2.24, 2.45) is 0 Å². The van der Waals surface area contributed by atoms with Crippen molar-refractivity contribution in [2.75, 3.05) is 27.2 Å². The average Bonchev–Trinajstić information content (AvgIpc) is 2.50. The van der Waals surface area contributed by atoms with Crippen LogP contribution in [0.5, 0.6) is 5.75 Å². The Kier molecular flexibility index (Phi) is 6.56. The third-order valence-corrected chi connectivity index (χ3v) is 3.71. The van der Waals surface area contributed by atoms with Crippen LogP contribution in [0.1, 0.15) is 34.5 Å². The lowest BCUT2D eigenvalue weighted by atomic mass is 10.1. The van der Waals surface area contributed by atoms with Crippen molar-refractivity contribution in [3.8, 4) is 5.75 Å². The highest BCUT2D eigenvalue weighted by Crippen LogP contribution is 2.20. The molecule has 0 unspecified atom stereocenters. The summed E-state index contributed by atoms with van der Waals surface area (Å²) in [5, 5.41) is 0. The lowest BCUT2D eigenvalue weighted by molar-refractivity contribution is 0.280. The number of hydrogen-bond acceptors (Lipinski definition) is 3. The zero-order valence-electron chi connectivity index (χ0n) is 15.5. The van der Waals surface area contributed by atoms with Gasteiger partial charge in [0.15, 0.2) is 0 Å². The molecule has 0 aliphatic carbocycles. The molecule has 1 aromatic heterocycles.